The van der Waals surface area contributed by atoms with Crippen molar-refractivity contribution in [1.29, 1.82) is 0 Å². The van der Waals surface area contributed by atoms with Crippen molar-refractivity contribution in [2.75, 3.05) is 6.54 Å². The number of rotatable bonds is 3. The van der Waals surface area contributed by atoms with Crippen LogP contribution in [-0.2, 0) is 0 Å². The van der Waals surface area contributed by atoms with Gasteiger partial charge in [-0.15, -0.1) is 24.8 Å². The van der Waals surface area contributed by atoms with Crippen LogP contribution in [0.3, 0.4) is 0 Å². The molecule has 1 saturated heterocycles. The molecular formula is C19H24Cl2FN3O. The first kappa shape index (κ1) is 20.9. The summed E-state index contributed by atoms with van der Waals surface area (Å²) in [4.78, 5) is 17.5. The number of hydrogen-bond donors (Lipinski definition) is 2. The number of aromatic nitrogens is 1. The third-order valence-corrected chi connectivity index (χ3v) is 5.11. The third-order valence-electron chi connectivity index (χ3n) is 5.11. The Hall–Kier alpha value is -1.43. The number of carbonyl (C=O) groups excluding carboxylic acids is 1. The van der Waals surface area contributed by atoms with Crippen molar-refractivity contribution in [3.8, 4) is 0 Å². The number of piperidine rings is 1. The monoisotopic (exact) mass is 399 g/mol. The third kappa shape index (κ3) is 4.27. The summed E-state index contributed by atoms with van der Waals surface area (Å²) in [6, 6.07) is 6.69. The molecule has 0 spiro atoms. The van der Waals surface area contributed by atoms with Gasteiger partial charge in [0, 0.05) is 29.1 Å². The largest absolute Gasteiger partial charge is 0.348 e. The van der Waals surface area contributed by atoms with Gasteiger partial charge in [0.25, 0.3) is 5.91 Å². The van der Waals surface area contributed by atoms with Crippen molar-refractivity contribution in [2.45, 2.75) is 50.6 Å². The minimum Gasteiger partial charge on any atom is -0.348 e. The Balaban J connectivity index is 0.00000121. The summed E-state index contributed by atoms with van der Waals surface area (Å²) in [6.45, 7) is 3.08. The molecule has 1 aromatic carbocycles. The summed E-state index contributed by atoms with van der Waals surface area (Å²) in [6.07, 6.45) is 4.25. The molecule has 1 aliphatic carbocycles. The number of nitrogens with zero attached hydrogens (tertiary/aromatic N) is 1. The van der Waals surface area contributed by atoms with Crippen LogP contribution in [-0.4, -0.2) is 29.5 Å². The van der Waals surface area contributed by atoms with Crippen LogP contribution >= 0.6 is 24.8 Å². The number of benzene rings is 1. The first-order chi connectivity index (χ1) is 11.6. The molecule has 7 heteroatoms. The van der Waals surface area contributed by atoms with Crippen LogP contribution in [0.15, 0.2) is 24.3 Å². The van der Waals surface area contributed by atoms with Crippen LogP contribution in [0.1, 0.15) is 54.6 Å². The van der Waals surface area contributed by atoms with Gasteiger partial charge in [0.05, 0.1) is 11.1 Å². The maximum Gasteiger partial charge on any atom is 0.252 e. The lowest BCUT2D eigenvalue weighted by Crippen LogP contribution is -2.51. The van der Waals surface area contributed by atoms with Gasteiger partial charge >= 0.3 is 0 Å². The zero-order valence-electron chi connectivity index (χ0n) is 14.6. The van der Waals surface area contributed by atoms with E-state index >= 15 is 0 Å². The molecule has 1 aromatic heterocycles. The summed E-state index contributed by atoms with van der Waals surface area (Å²) >= 11 is 0. The summed E-state index contributed by atoms with van der Waals surface area (Å²) in [5.41, 5.74) is 2.19. The molecule has 2 heterocycles. The van der Waals surface area contributed by atoms with E-state index in [1.807, 2.05) is 6.07 Å². The highest BCUT2D eigenvalue weighted by atomic mass is 35.5. The quantitative estimate of drug-likeness (QED) is 0.820. The molecule has 2 unspecified atom stereocenters. The topological polar surface area (TPSA) is 54.0 Å². The molecule has 2 N–H and O–H groups in total. The number of nitrogens with one attached hydrogen (secondary N) is 2. The van der Waals surface area contributed by atoms with E-state index in [0.717, 1.165) is 37.9 Å². The molecule has 0 bridgehead atoms. The molecule has 1 amide bonds. The highest BCUT2D eigenvalue weighted by Gasteiger charge is 2.28. The Labute approximate surface area is 165 Å². The fraction of sp³-hybridized carbons (Fsp3) is 0.474. The van der Waals surface area contributed by atoms with E-state index in [-0.39, 0.29) is 48.6 Å². The predicted octanol–water partition coefficient (Wildman–Crippen LogP) is 3.97. The molecule has 2 aliphatic rings. The van der Waals surface area contributed by atoms with Crippen LogP contribution in [0.25, 0.3) is 10.9 Å². The maximum atomic E-state index is 13.7. The zero-order valence-corrected chi connectivity index (χ0v) is 16.3. The summed E-state index contributed by atoms with van der Waals surface area (Å²) < 4.78 is 13.7. The zero-order chi connectivity index (χ0) is 16.7. The van der Waals surface area contributed by atoms with E-state index in [4.69, 9.17) is 0 Å². The van der Waals surface area contributed by atoms with Crippen molar-refractivity contribution < 1.29 is 9.18 Å². The standard InChI is InChI=1S/C19H22FN3O.2ClH/c1-11-16(3-2-8-21-11)23-19(24)15-10-18(12-4-5-12)22-17-7-6-13(20)9-14(15)17;;/h6-7,9-12,16,21H,2-5,8H2,1H3,(H,23,24);2*1H. The number of hydrogen-bond acceptors (Lipinski definition) is 3. The van der Waals surface area contributed by atoms with Gasteiger partial charge in [0.2, 0.25) is 0 Å². The van der Waals surface area contributed by atoms with Gasteiger partial charge in [-0.05, 0) is 63.4 Å². The first-order valence-corrected chi connectivity index (χ1v) is 8.76. The normalized spacial score (nSPS) is 22.2. The molecule has 142 valence electrons. The summed E-state index contributed by atoms with van der Waals surface area (Å²) in [5.74, 6) is -0.0260. The number of halogens is 3. The van der Waals surface area contributed by atoms with Crippen LogP contribution in [0.4, 0.5) is 4.39 Å². The van der Waals surface area contributed by atoms with E-state index in [2.05, 4.69) is 22.5 Å². The Morgan fingerprint density at radius 3 is 2.69 bits per heavy atom. The van der Waals surface area contributed by atoms with Gasteiger partial charge in [-0.3, -0.25) is 9.78 Å². The summed E-state index contributed by atoms with van der Waals surface area (Å²) in [7, 11) is 0. The molecule has 2 atom stereocenters. The van der Waals surface area contributed by atoms with Crippen molar-refractivity contribution in [3.05, 3.63) is 41.3 Å². The molecule has 26 heavy (non-hydrogen) atoms. The van der Waals surface area contributed by atoms with Gasteiger partial charge in [0.15, 0.2) is 0 Å². The van der Waals surface area contributed by atoms with Crippen molar-refractivity contribution in [2.24, 2.45) is 0 Å². The van der Waals surface area contributed by atoms with Gasteiger partial charge < -0.3 is 10.6 Å². The summed E-state index contributed by atoms with van der Waals surface area (Å²) in [5, 5.41) is 7.11. The van der Waals surface area contributed by atoms with Crippen molar-refractivity contribution >= 4 is 41.6 Å². The van der Waals surface area contributed by atoms with Gasteiger partial charge in [-0.1, -0.05) is 0 Å². The van der Waals surface area contributed by atoms with Crippen molar-refractivity contribution in [3.63, 3.8) is 0 Å². The molecule has 4 rings (SSSR count). The minimum atomic E-state index is -0.342. The lowest BCUT2D eigenvalue weighted by molar-refractivity contribution is 0.0921. The van der Waals surface area contributed by atoms with Gasteiger partial charge in [-0.25, -0.2) is 4.39 Å². The second-order valence-electron chi connectivity index (χ2n) is 7.00. The lowest BCUT2D eigenvalue weighted by atomic mass is 9.98. The number of fused-ring (bicyclic) bond motifs is 1. The fourth-order valence-corrected chi connectivity index (χ4v) is 3.48. The first-order valence-electron chi connectivity index (χ1n) is 8.76. The number of amides is 1. The molecule has 1 aliphatic heterocycles. The highest BCUT2D eigenvalue weighted by Crippen LogP contribution is 2.40. The predicted molar refractivity (Wildman–Crippen MR) is 106 cm³/mol. The second kappa shape index (κ2) is 8.51. The molecule has 1 saturated carbocycles. The van der Waals surface area contributed by atoms with Gasteiger partial charge in [-0.2, -0.15) is 0 Å². The fourth-order valence-electron chi connectivity index (χ4n) is 3.48. The van der Waals surface area contributed by atoms with E-state index in [1.165, 1.54) is 12.1 Å². The average molecular weight is 400 g/mol. The molecule has 0 radical (unpaired) electrons. The Morgan fingerprint density at radius 2 is 2.00 bits per heavy atom. The SMILES string of the molecule is CC1NCCCC1NC(=O)c1cc(C2CC2)nc2ccc(F)cc12.Cl.Cl. The molecule has 4 nitrogen and oxygen atoms in total. The van der Waals surface area contributed by atoms with Crippen molar-refractivity contribution in [1.82, 2.24) is 15.6 Å². The maximum absolute atomic E-state index is 13.7. The minimum absolute atomic E-state index is 0. The Bertz CT molecular complexity index is 798. The molecular weight excluding hydrogens is 376 g/mol. The lowest BCUT2D eigenvalue weighted by Gasteiger charge is -2.30. The average Bonchev–Trinajstić information content (AvgIpc) is 3.41. The Kier molecular flexibility index (Phi) is 6.83. The van der Waals surface area contributed by atoms with Crippen LogP contribution < -0.4 is 10.6 Å². The number of pyridine rings is 1. The van der Waals surface area contributed by atoms with Gasteiger partial charge in [0.1, 0.15) is 5.82 Å². The van der Waals surface area contributed by atoms with E-state index in [1.54, 1.807) is 6.07 Å². The smallest absolute Gasteiger partial charge is 0.252 e. The van der Waals surface area contributed by atoms with Crippen LogP contribution in [0.2, 0.25) is 0 Å². The van der Waals surface area contributed by atoms with E-state index in [9.17, 15) is 9.18 Å². The number of carbonyl (C=O) groups is 1. The van der Waals surface area contributed by atoms with E-state index < -0.39 is 0 Å². The molecule has 2 aromatic rings. The van der Waals surface area contributed by atoms with Crippen LogP contribution in [0, 0.1) is 5.82 Å². The van der Waals surface area contributed by atoms with Crippen LogP contribution in [0.5, 0.6) is 0 Å². The van der Waals surface area contributed by atoms with E-state index in [0.29, 0.717) is 22.4 Å². The Morgan fingerprint density at radius 1 is 1.23 bits per heavy atom. The second-order valence-corrected chi connectivity index (χ2v) is 7.00. The highest BCUT2D eigenvalue weighted by molar-refractivity contribution is 6.06. The molecule has 2 fully saturated rings.